The summed E-state index contributed by atoms with van der Waals surface area (Å²) in [6.07, 6.45) is 0. The third-order valence-corrected chi connectivity index (χ3v) is 15.1. The number of hydrogen-bond acceptors (Lipinski definition) is 2. The van der Waals surface area contributed by atoms with Crippen molar-refractivity contribution < 1.29 is 9.63 Å². The Hall–Kier alpha value is -5.27. The van der Waals surface area contributed by atoms with Crippen LogP contribution in [0.3, 0.4) is 0 Å². The molecule has 47 heavy (non-hydrogen) atoms. The first-order valence-electron chi connectivity index (χ1n) is 16.1. The molecule has 1 aliphatic carbocycles. The molecule has 0 radical (unpaired) electrons. The fourth-order valence-electron chi connectivity index (χ4n) is 8.09. The van der Waals surface area contributed by atoms with Crippen LogP contribution in [0.1, 0.15) is 22.3 Å². The van der Waals surface area contributed by atoms with E-state index in [4.69, 9.17) is 4.74 Å². The summed E-state index contributed by atoms with van der Waals surface area (Å²) in [6, 6.07) is 61.5. The van der Waals surface area contributed by atoms with Gasteiger partial charge in [0.2, 0.25) is 0 Å². The first-order valence-corrected chi connectivity index (χ1v) is 18.7. The summed E-state index contributed by atoms with van der Waals surface area (Å²) >= 11 is 0. The molecule has 0 aromatic heterocycles. The van der Waals surface area contributed by atoms with Crippen LogP contribution in [-0.2, 0) is 5.41 Å². The van der Waals surface area contributed by atoms with Crippen molar-refractivity contribution in [3.8, 4) is 33.8 Å². The fourth-order valence-corrected chi connectivity index (χ4v) is 11.7. The number of ether oxygens (including phenoxy) is 1. The SMILES string of the molecule is CP(O)(c1ccccc1)(c1ccccc1)c1cccc(-c2ccc3c(c2)C2(c4ccccc4O3)c3ccccc3-c3ccccc32)c1. The first kappa shape index (κ1) is 28.0. The number of fused-ring (bicyclic) bond motifs is 9. The van der Waals surface area contributed by atoms with Crippen molar-refractivity contribution >= 4 is 22.7 Å². The fraction of sp³-hybridized carbons (Fsp3) is 0.0455. The summed E-state index contributed by atoms with van der Waals surface area (Å²) in [4.78, 5) is 13.2. The van der Waals surface area contributed by atoms with E-state index in [-0.39, 0.29) is 0 Å². The van der Waals surface area contributed by atoms with E-state index in [9.17, 15) is 4.89 Å². The first-order chi connectivity index (χ1) is 23.0. The quantitative estimate of drug-likeness (QED) is 0.198. The molecule has 0 unspecified atom stereocenters. The molecule has 7 aromatic carbocycles. The molecule has 0 saturated carbocycles. The summed E-state index contributed by atoms with van der Waals surface area (Å²) in [6.45, 7) is -1.73. The maximum absolute atomic E-state index is 13.2. The molecule has 0 atom stereocenters. The van der Waals surface area contributed by atoms with Crippen molar-refractivity contribution in [2.45, 2.75) is 5.41 Å². The van der Waals surface area contributed by atoms with E-state index in [1.165, 1.54) is 22.3 Å². The zero-order chi connectivity index (χ0) is 31.7. The molecular weight excluding hydrogens is 591 g/mol. The van der Waals surface area contributed by atoms with Gasteiger partial charge in [0.1, 0.15) is 0 Å². The summed E-state index contributed by atoms with van der Waals surface area (Å²) < 4.78 is 6.66. The Kier molecular flexibility index (Phi) is 6.02. The predicted molar refractivity (Wildman–Crippen MR) is 196 cm³/mol. The van der Waals surface area contributed by atoms with E-state index in [0.717, 1.165) is 49.7 Å². The number of para-hydroxylation sites is 1. The topological polar surface area (TPSA) is 29.5 Å². The molecule has 2 aliphatic rings. The van der Waals surface area contributed by atoms with Gasteiger partial charge in [0.05, 0.1) is 0 Å². The Balaban J connectivity index is 1.29. The average molecular weight is 625 g/mol. The summed E-state index contributed by atoms with van der Waals surface area (Å²) in [5, 5.41) is 2.81. The van der Waals surface area contributed by atoms with Crippen molar-refractivity contribution in [3.63, 3.8) is 0 Å². The van der Waals surface area contributed by atoms with Crippen LogP contribution in [-0.4, -0.2) is 11.6 Å². The van der Waals surface area contributed by atoms with Gasteiger partial charge in [-0.2, -0.15) is 0 Å². The van der Waals surface area contributed by atoms with Crippen molar-refractivity contribution in [3.05, 3.63) is 198 Å². The van der Waals surface area contributed by atoms with Crippen LogP contribution in [0.5, 0.6) is 11.5 Å². The van der Waals surface area contributed by atoms with E-state index in [1.807, 2.05) is 43.1 Å². The Morgan fingerprint density at radius 1 is 0.426 bits per heavy atom. The second-order valence-corrected chi connectivity index (χ2v) is 17.4. The Morgan fingerprint density at radius 3 is 1.55 bits per heavy atom. The van der Waals surface area contributed by atoms with Gasteiger partial charge >= 0.3 is 276 Å². The monoisotopic (exact) mass is 624 g/mol. The van der Waals surface area contributed by atoms with Crippen LogP contribution in [0.15, 0.2) is 176 Å². The van der Waals surface area contributed by atoms with Crippen LogP contribution in [0.2, 0.25) is 0 Å². The Labute approximate surface area is 275 Å². The molecule has 7 aromatic rings. The van der Waals surface area contributed by atoms with Gasteiger partial charge < -0.3 is 0 Å². The van der Waals surface area contributed by atoms with Crippen LogP contribution in [0.4, 0.5) is 0 Å². The molecule has 1 aliphatic heterocycles. The van der Waals surface area contributed by atoms with Gasteiger partial charge in [-0.15, -0.1) is 0 Å². The van der Waals surface area contributed by atoms with Crippen molar-refractivity contribution in [1.82, 2.24) is 0 Å². The molecule has 0 bridgehead atoms. The number of hydrogen-bond donors (Lipinski definition) is 1. The molecule has 0 fully saturated rings. The average Bonchev–Trinajstić information content (AvgIpc) is 3.43. The van der Waals surface area contributed by atoms with Crippen LogP contribution >= 0.6 is 6.83 Å². The minimum atomic E-state index is -3.78. The van der Waals surface area contributed by atoms with Gasteiger partial charge in [-0.1, -0.05) is 0 Å². The molecule has 0 saturated heterocycles. The molecule has 3 heteroatoms. The normalized spacial score (nSPS) is 14.6. The maximum atomic E-state index is 13.2. The Bertz CT molecular complexity index is 2240. The predicted octanol–water partition coefficient (Wildman–Crippen LogP) is 9.19. The molecule has 0 amide bonds. The van der Waals surface area contributed by atoms with Gasteiger partial charge in [-0.3, -0.25) is 0 Å². The summed E-state index contributed by atoms with van der Waals surface area (Å²) in [7, 11) is 0. The van der Waals surface area contributed by atoms with Crippen molar-refractivity contribution in [1.29, 1.82) is 0 Å². The second kappa shape index (κ2) is 10.1. The molecule has 2 nitrogen and oxygen atoms in total. The van der Waals surface area contributed by atoms with E-state index >= 15 is 0 Å². The Morgan fingerprint density at radius 2 is 0.915 bits per heavy atom. The van der Waals surface area contributed by atoms with Crippen LogP contribution in [0, 0.1) is 0 Å². The van der Waals surface area contributed by atoms with Crippen molar-refractivity contribution in [2.24, 2.45) is 0 Å². The van der Waals surface area contributed by atoms with Gasteiger partial charge in [0.25, 0.3) is 0 Å². The van der Waals surface area contributed by atoms with E-state index in [0.29, 0.717) is 0 Å². The third kappa shape index (κ3) is 3.80. The molecule has 1 heterocycles. The van der Waals surface area contributed by atoms with Gasteiger partial charge in [0, 0.05) is 0 Å². The van der Waals surface area contributed by atoms with Gasteiger partial charge in [-0.25, -0.2) is 0 Å². The third-order valence-electron chi connectivity index (χ3n) is 10.4. The molecule has 1 spiro atoms. The van der Waals surface area contributed by atoms with Crippen LogP contribution < -0.4 is 20.7 Å². The van der Waals surface area contributed by atoms with E-state index in [1.54, 1.807) is 0 Å². The van der Waals surface area contributed by atoms with E-state index < -0.39 is 12.2 Å². The number of rotatable bonds is 4. The van der Waals surface area contributed by atoms with Gasteiger partial charge in [0.15, 0.2) is 0 Å². The second-order valence-electron chi connectivity index (χ2n) is 12.9. The standard InChI is InChI=1S/C44H33O2P/c1-47(45,33-16-4-2-5-17-33,34-18-6-3-7-19-34)35-20-14-15-31(29-35)32-27-28-43-41(30-32)44(40-25-12-13-26-42(40)46-43)38-23-10-8-21-36(38)37-22-9-11-24-39(37)44/h2-30,45H,1H3. The summed E-state index contributed by atoms with van der Waals surface area (Å²) in [5.41, 5.74) is 8.93. The summed E-state index contributed by atoms with van der Waals surface area (Å²) in [5.74, 6) is 1.75. The molecule has 226 valence electrons. The molecular formula is C44H33O2P. The zero-order valence-corrected chi connectivity index (χ0v) is 26.9. The molecule has 1 N–H and O–H groups in total. The zero-order valence-electron chi connectivity index (χ0n) is 26.0. The van der Waals surface area contributed by atoms with Gasteiger partial charge in [-0.05, 0) is 0 Å². The number of benzene rings is 7. The van der Waals surface area contributed by atoms with E-state index in [2.05, 4.69) is 140 Å². The van der Waals surface area contributed by atoms with Crippen molar-refractivity contribution in [2.75, 3.05) is 6.66 Å². The minimum absolute atomic E-state index is 0.528. The molecule has 9 rings (SSSR count). The van der Waals surface area contributed by atoms with Crippen LogP contribution in [0.25, 0.3) is 22.3 Å².